The zero-order valence-electron chi connectivity index (χ0n) is 16.9. The van der Waals surface area contributed by atoms with Crippen LogP contribution in [-0.4, -0.2) is 37.4 Å². The van der Waals surface area contributed by atoms with E-state index in [0.29, 0.717) is 12.8 Å². The molecule has 0 aromatic heterocycles. The van der Waals surface area contributed by atoms with Gasteiger partial charge in [-0.05, 0) is 19.8 Å². The predicted molar refractivity (Wildman–Crippen MR) is 103 cm³/mol. The highest BCUT2D eigenvalue weighted by Gasteiger charge is 2.64. The SMILES string of the molecule is C=C/C=C(\C)CC[C@@H]1C[C@H](OC(=O)[C@](OC)(c2ccccc2)C(F)(F)F)CC(=O)O1. The first-order valence-corrected chi connectivity index (χ1v) is 9.50. The molecule has 1 aromatic carbocycles. The highest BCUT2D eigenvalue weighted by atomic mass is 19.4. The lowest BCUT2D eigenvalue weighted by atomic mass is 9.92. The van der Waals surface area contributed by atoms with Crippen molar-refractivity contribution in [2.45, 2.75) is 56.6 Å². The summed E-state index contributed by atoms with van der Waals surface area (Å²) in [4.78, 5) is 24.7. The van der Waals surface area contributed by atoms with Gasteiger partial charge in [-0.25, -0.2) is 4.79 Å². The van der Waals surface area contributed by atoms with Crippen molar-refractivity contribution >= 4 is 11.9 Å². The summed E-state index contributed by atoms with van der Waals surface area (Å²) in [5.74, 6) is -2.23. The molecule has 0 unspecified atom stereocenters. The zero-order valence-corrected chi connectivity index (χ0v) is 16.9. The third-order valence-corrected chi connectivity index (χ3v) is 4.93. The van der Waals surface area contributed by atoms with Crippen molar-refractivity contribution in [3.05, 3.63) is 60.2 Å². The van der Waals surface area contributed by atoms with E-state index in [2.05, 4.69) is 6.58 Å². The number of hydrogen-bond acceptors (Lipinski definition) is 5. The van der Waals surface area contributed by atoms with E-state index in [1.807, 2.05) is 13.0 Å². The molecule has 0 radical (unpaired) electrons. The van der Waals surface area contributed by atoms with Gasteiger partial charge >= 0.3 is 18.1 Å². The molecule has 2 rings (SSSR count). The molecule has 1 fully saturated rings. The highest BCUT2D eigenvalue weighted by molar-refractivity contribution is 5.83. The maximum Gasteiger partial charge on any atom is 0.432 e. The van der Waals surface area contributed by atoms with Crippen LogP contribution in [0.1, 0.15) is 38.2 Å². The topological polar surface area (TPSA) is 61.8 Å². The van der Waals surface area contributed by atoms with Crippen molar-refractivity contribution < 1.29 is 37.0 Å². The van der Waals surface area contributed by atoms with Gasteiger partial charge in [-0.15, -0.1) is 0 Å². The number of carbonyl (C=O) groups is 2. The van der Waals surface area contributed by atoms with E-state index < -0.39 is 41.5 Å². The number of benzene rings is 1. The van der Waals surface area contributed by atoms with Crippen LogP contribution >= 0.6 is 0 Å². The number of ether oxygens (including phenoxy) is 3. The maximum atomic E-state index is 14.0. The van der Waals surface area contributed by atoms with E-state index >= 15 is 0 Å². The Morgan fingerprint density at radius 1 is 1.30 bits per heavy atom. The molecule has 1 aliphatic heterocycles. The monoisotopic (exact) mass is 426 g/mol. The molecule has 30 heavy (non-hydrogen) atoms. The van der Waals surface area contributed by atoms with E-state index in [0.717, 1.165) is 24.8 Å². The van der Waals surface area contributed by atoms with Crippen LogP contribution in [0.4, 0.5) is 13.2 Å². The van der Waals surface area contributed by atoms with E-state index in [9.17, 15) is 22.8 Å². The molecular weight excluding hydrogens is 401 g/mol. The first-order valence-electron chi connectivity index (χ1n) is 9.50. The molecule has 3 atom stereocenters. The lowest BCUT2D eigenvalue weighted by molar-refractivity contribution is -0.279. The van der Waals surface area contributed by atoms with Gasteiger partial charge in [-0.1, -0.05) is 54.6 Å². The van der Waals surface area contributed by atoms with Crippen molar-refractivity contribution in [3.8, 4) is 0 Å². The zero-order chi connectivity index (χ0) is 22.4. The van der Waals surface area contributed by atoms with Crippen LogP contribution < -0.4 is 0 Å². The molecule has 8 heteroatoms. The Labute approximate surface area is 173 Å². The number of allylic oxidation sites excluding steroid dienone is 3. The third kappa shape index (κ3) is 5.30. The fourth-order valence-corrected chi connectivity index (χ4v) is 3.41. The number of halogens is 3. The first-order chi connectivity index (χ1) is 14.1. The molecule has 164 valence electrons. The highest BCUT2D eigenvalue weighted by Crippen LogP contribution is 2.43. The van der Waals surface area contributed by atoms with Gasteiger partial charge in [0, 0.05) is 19.1 Å². The van der Waals surface area contributed by atoms with E-state index in [-0.39, 0.29) is 12.8 Å². The summed E-state index contributed by atoms with van der Waals surface area (Å²) in [7, 11) is 0.800. The Morgan fingerprint density at radius 3 is 2.53 bits per heavy atom. The van der Waals surface area contributed by atoms with Crippen molar-refractivity contribution in [1.29, 1.82) is 0 Å². The fraction of sp³-hybridized carbons (Fsp3) is 0.455. The molecule has 5 nitrogen and oxygen atoms in total. The minimum absolute atomic E-state index is 0.116. The predicted octanol–water partition coefficient (Wildman–Crippen LogP) is 4.62. The number of rotatable bonds is 8. The molecule has 1 saturated heterocycles. The largest absolute Gasteiger partial charge is 0.462 e. The summed E-state index contributed by atoms with van der Waals surface area (Å²) < 4.78 is 57.0. The number of hydrogen-bond donors (Lipinski definition) is 0. The van der Waals surface area contributed by atoms with Crippen LogP contribution in [0.3, 0.4) is 0 Å². The smallest absolute Gasteiger partial charge is 0.432 e. The van der Waals surface area contributed by atoms with Crippen LogP contribution in [-0.2, 0) is 29.4 Å². The van der Waals surface area contributed by atoms with Gasteiger partial charge in [0.25, 0.3) is 5.60 Å². The third-order valence-electron chi connectivity index (χ3n) is 4.93. The second kappa shape index (κ2) is 9.93. The Balaban J connectivity index is 2.19. The Hall–Kier alpha value is -2.61. The van der Waals surface area contributed by atoms with E-state index in [1.165, 1.54) is 18.2 Å². The molecule has 1 heterocycles. The maximum absolute atomic E-state index is 14.0. The lowest BCUT2D eigenvalue weighted by Crippen LogP contribution is -2.53. The minimum Gasteiger partial charge on any atom is -0.462 e. The quantitative estimate of drug-likeness (QED) is 0.448. The van der Waals surface area contributed by atoms with Gasteiger partial charge in [0.15, 0.2) is 0 Å². The van der Waals surface area contributed by atoms with Crippen LogP contribution in [0.5, 0.6) is 0 Å². The number of esters is 2. The summed E-state index contributed by atoms with van der Waals surface area (Å²) in [5.41, 5.74) is -2.67. The molecule has 0 amide bonds. The molecule has 0 bridgehead atoms. The second-order valence-corrected chi connectivity index (χ2v) is 7.12. The van der Waals surface area contributed by atoms with E-state index in [4.69, 9.17) is 14.2 Å². The van der Waals surface area contributed by atoms with Gasteiger partial charge in [-0.3, -0.25) is 4.79 Å². The number of alkyl halides is 3. The molecule has 1 aromatic rings. The fourth-order valence-electron chi connectivity index (χ4n) is 3.41. The van der Waals surface area contributed by atoms with Gasteiger partial charge in [0.1, 0.15) is 12.2 Å². The Bertz CT molecular complexity index is 788. The standard InChI is InChI=1S/C22H25F3O5/c1-4-8-15(2)11-12-17-13-18(14-19(26)29-17)30-20(27)21(28-3,22(23,24)25)16-9-6-5-7-10-16/h4-10,17-18H,1,11-14H2,2-3H3/b15-8+/t17-,18+,21-/m1/s1. The molecule has 0 saturated carbocycles. The summed E-state index contributed by atoms with van der Waals surface area (Å²) in [6.07, 6.45) is -2.33. The average Bonchev–Trinajstić information content (AvgIpc) is 2.67. The van der Waals surface area contributed by atoms with Crippen molar-refractivity contribution in [2.24, 2.45) is 0 Å². The molecule has 0 aliphatic carbocycles. The van der Waals surface area contributed by atoms with Crippen molar-refractivity contribution in [1.82, 2.24) is 0 Å². The normalized spacial score (nSPS) is 22.0. The van der Waals surface area contributed by atoms with Gasteiger partial charge < -0.3 is 14.2 Å². The van der Waals surface area contributed by atoms with E-state index in [1.54, 1.807) is 6.08 Å². The van der Waals surface area contributed by atoms with Gasteiger partial charge in [0.05, 0.1) is 6.42 Å². The summed E-state index contributed by atoms with van der Waals surface area (Å²) in [6, 6.07) is 6.55. The van der Waals surface area contributed by atoms with Crippen LogP contribution in [0, 0.1) is 0 Å². The average molecular weight is 426 g/mol. The number of cyclic esters (lactones) is 1. The first kappa shape index (κ1) is 23.7. The van der Waals surface area contributed by atoms with Gasteiger partial charge in [-0.2, -0.15) is 13.2 Å². The molecule has 0 N–H and O–H groups in total. The molecule has 0 spiro atoms. The van der Waals surface area contributed by atoms with Crippen LogP contribution in [0.15, 0.2) is 54.6 Å². The second-order valence-electron chi connectivity index (χ2n) is 7.12. The molecule has 1 aliphatic rings. The number of methoxy groups -OCH3 is 1. The Morgan fingerprint density at radius 2 is 1.97 bits per heavy atom. The lowest BCUT2D eigenvalue weighted by Gasteiger charge is -2.35. The minimum atomic E-state index is -5.07. The van der Waals surface area contributed by atoms with Crippen LogP contribution in [0.2, 0.25) is 0 Å². The Kier molecular flexibility index (Phi) is 7.83. The molecular formula is C22H25F3O5. The van der Waals surface area contributed by atoms with Gasteiger partial charge in [0.2, 0.25) is 0 Å². The van der Waals surface area contributed by atoms with Crippen molar-refractivity contribution in [3.63, 3.8) is 0 Å². The van der Waals surface area contributed by atoms with Crippen LogP contribution in [0.25, 0.3) is 0 Å². The summed E-state index contributed by atoms with van der Waals surface area (Å²) >= 11 is 0. The summed E-state index contributed by atoms with van der Waals surface area (Å²) in [6.45, 7) is 5.49. The summed E-state index contributed by atoms with van der Waals surface area (Å²) in [5, 5.41) is 0. The van der Waals surface area contributed by atoms with Crippen molar-refractivity contribution in [2.75, 3.05) is 7.11 Å². The number of carbonyl (C=O) groups excluding carboxylic acids is 2.